The second-order valence-corrected chi connectivity index (χ2v) is 6.61. The van der Waals surface area contributed by atoms with Crippen LogP contribution in [0.4, 0.5) is 5.82 Å². The number of carbonyl (C=O) groups excluding carboxylic acids is 1. The van der Waals surface area contributed by atoms with E-state index < -0.39 is 0 Å². The molecule has 3 rings (SSSR count). The number of hydrogen-bond acceptors (Lipinski definition) is 5. The predicted octanol–water partition coefficient (Wildman–Crippen LogP) is 3.48. The Bertz CT molecular complexity index is 714. The summed E-state index contributed by atoms with van der Waals surface area (Å²) in [6, 6.07) is 9.75. The Morgan fingerprint density at radius 1 is 1.33 bits per heavy atom. The van der Waals surface area contributed by atoms with Gasteiger partial charge in [0.1, 0.15) is 34.9 Å². The number of Topliss-reactive ketones (excluding diaryl/α,β-unsaturated/α-hetero) is 1. The lowest BCUT2D eigenvalue weighted by atomic mass is 9.96. The molecule has 0 aliphatic carbocycles. The Hall–Kier alpha value is -2.14. The second-order valence-electron chi connectivity index (χ2n) is 6.22. The Morgan fingerprint density at radius 3 is 2.67 bits per heavy atom. The Kier molecular flexibility index (Phi) is 5.00. The first kappa shape index (κ1) is 16.7. The van der Waals surface area contributed by atoms with E-state index in [9.17, 15) is 4.79 Å². The van der Waals surface area contributed by atoms with E-state index in [1.165, 1.54) is 6.33 Å². The highest BCUT2D eigenvalue weighted by Gasteiger charge is 2.29. The maximum atomic E-state index is 11.2. The summed E-state index contributed by atoms with van der Waals surface area (Å²) in [5.74, 6) is 2.11. The van der Waals surface area contributed by atoms with Gasteiger partial charge < -0.3 is 14.4 Å². The molecule has 1 saturated heterocycles. The number of aromatic nitrogens is 2. The van der Waals surface area contributed by atoms with Gasteiger partial charge in [-0.25, -0.2) is 9.97 Å². The summed E-state index contributed by atoms with van der Waals surface area (Å²) in [5, 5.41) is 0.444. The summed E-state index contributed by atoms with van der Waals surface area (Å²) in [4.78, 5) is 21.4. The second kappa shape index (κ2) is 7.18. The summed E-state index contributed by atoms with van der Waals surface area (Å²) >= 11 is 5.88. The van der Waals surface area contributed by atoms with Gasteiger partial charge in [-0.1, -0.05) is 30.7 Å². The van der Waals surface area contributed by atoms with Crippen LogP contribution in [0.1, 0.15) is 31.7 Å². The summed E-state index contributed by atoms with van der Waals surface area (Å²) < 4.78 is 5.96. The number of anilines is 1. The number of benzene rings is 1. The molecule has 2 aromatic rings. The Morgan fingerprint density at radius 2 is 2.04 bits per heavy atom. The van der Waals surface area contributed by atoms with Crippen molar-refractivity contribution in [3.05, 3.63) is 47.4 Å². The fourth-order valence-corrected chi connectivity index (χ4v) is 2.95. The molecule has 1 aliphatic rings. The zero-order valence-electron chi connectivity index (χ0n) is 13.8. The van der Waals surface area contributed by atoms with Crippen molar-refractivity contribution in [2.24, 2.45) is 0 Å². The quantitative estimate of drug-likeness (QED) is 0.750. The molecule has 0 unspecified atom stereocenters. The van der Waals surface area contributed by atoms with E-state index >= 15 is 0 Å². The average molecular weight is 346 g/mol. The highest BCUT2D eigenvalue weighted by Crippen LogP contribution is 2.26. The fourth-order valence-electron chi connectivity index (χ4n) is 2.81. The Labute approximate surface area is 146 Å². The van der Waals surface area contributed by atoms with Gasteiger partial charge in [-0.15, -0.1) is 0 Å². The number of ether oxygens (including phenoxy) is 1. The normalized spacial score (nSPS) is 15.7. The zero-order valence-corrected chi connectivity index (χ0v) is 14.5. The van der Waals surface area contributed by atoms with Gasteiger partial charge in [-0.3, -0.25) is 0 Å². The van der Waals surface area contributed by atoms with E-state index in [-0.39, 0.29) is 17.8 Å². The molecule has 1 atom stereocenters. The van der Waals surface area contributed by atoms with Gasteiger partial charge >= 0.3 is 0 Å². The molecule has 0 N–H and O–H groups in total. The summed E-state index contributed by atoms with van der Waals surface area (Å²) in [5.41, 5.74) is 1.16. The van der Waals surface area contributed by atoms with E-state index in [0.717, 1.165) is 30.2 Å². The van der Waals surface area contributed by atoms with Crippen LogP contribution in [0, 0.1) is 0 Å². The van der Waals surface area contributed by atoms with Crippen molar-refractivity contribution in [1.29, 1.82) is 0 Å². The highest BCUT2D eigenvalue weighted by atomic mass is 35.5. The molecule has 2 heterocycles. The van der Waals surface area contributed by atoms with Gasteiger partial charge in [-0.05, 0) is 30.5 Å². The first-order chi connectivity index (χ1) is 11.5. The van der Waals surface area contributed by atoms with Crippen LogP contribution < -0.4 is 9.64 Å². The minimum absolute atomic E-state index is 0.138. The van der Waals surface area contributed by atoms with Gasteiger partial charge in [0.05, 0.1) is 13.1 Å². The predicted molar refractivity (Wildman–Crippen MR) is 93.8 cm³/mol. The number of rotatable bonds is 6. The SMILES string of the molecule is CC(=O)C[C@@H](C)c1ccc(OC2CN(c3cc(Cl)ncn3)C2)cc1. The molecule has 1 fully saturated rings. The summed E-state index contributed by atoms with van der Waals surface area (Å²) in [7, 11) is 0. The van der Waals surface area contributed by atoms with Crippen LogP contribution in [0.15, 0.2) is 36.7 Å². The molecular formula is C18H20ClN3O2. The molecule has 0 radical (unpaired) electrons. The van der Waals surface area contributed by atoms with Crippen molar-refractivity contribution in [3.8, 4) is 5.75 Å². The van der Waals surface area contributed by atoms with Crippen molar-refractivity contribution in [3.63, 3.8) is 0 Å². The molecule has 1 aromatic heterocycles. The molecule has 1 aromatic carbocycles. The third-order valence-corrected chi connectivity index (χ3v) is 4.34. The van der Waals surface area contributed by atoms with Gasteiger partial charge in [0.2, 0.25) is 0 Å². The van der Waals surface area contributed by atoms with E-state index in [1.807, 2.05) is 24.3 Å². The minimum atomic E-state index is 0.138. The number of halogens is 1. The Balaban J connectivity index is 1.52. The fraction of sp³-hybridized carbons (Fsp3) is 0.389. The zero-order chi connectivity index (χ0) is 17.1. The largest absolute Gasteiger partial charge is 0.487 e. The molecule has 6 heteroatoms. The summed E-state index contributed by atoms with van der Waals surface area (Å²) in [6.45, 7) is 5.24. The molecule has 24 heavy (non-hydrogen) atoms. The van der Waals surface area contributed by atoms with Gasteiger partial charge in [-0.2, -0.15) is 0 Å². The maximum Gasteiger partial charge on any atom is 0.134 e. The number of ketones is 1. The first-order valence-corrected chi connectivity index (χ1v) is 8.37. The minimum Gasteiger partial charge on any atom is -0.487 e. The van der Waals surface area contributed by atoms with Crippen molar-refractivity contribution in [2.75, 3.05) is 18.0 Å². The van der Waals surface area contributed by atoms with Gasteiger partial charge in [0.15, 0.2) is 0 Å². The smallest absolute Gasteiger partial charge is 0.134 e. The molecule has 0 amide bonds. The van der Waals surface area contributed by atoms with Crippen LogP contribution in [0.2, 0.25) is 5.15 Å². The van der Waals surface area contributed by atoms with Crippen LogP contribution in [0.3, 0.4) is 0 Å². The highest BCUT2D eigenvalue weighted by molar-refractivity contribution is 6.29. The number of nitrogens with zero attached hydrogens (tertiary/aromatic N) is 3. The topological polar surface area (TPSA) is 55.3 Å². The van der Waals surface area contributed by atoms with Crippen LogP contribution in [0.25, 0.3) is 0 Å². The lowest BCUT2D eigenvalue weighted by Crippen LogP contribution is -2.54. The molecule has 5 nitrogen and oxygen atoms in total. The lowest BCUT2D eigenvalue weighted by Gasteiger charge is -2.39. The van der Waals surface area contributed by atoms with Crippen LogP contribution in [0.5, 0.6) is 5.75 Å². The summed E-state index contributed by atoms with van der Waals surface area (Å²) in [6.07, 6.45) is 2.17. The maximum absolute atomic E-state index is 11.2. The van der Waals surface area contributed by atoms with Crippen molar-refractivity contribution in [1.82, 2.24) is 9.97 Å². The van der Waals surface area contributed by atoms with E-state index in [2.05, 4.69) is 21.8 Å². The van der Waals surface area contributed by atoms with Gasteiger partial charge in [0.25, 0.3) is 0 Å². The average Bonchev–Trinajstić information content (AvgIpc) is 2.50. The van der Waals surface area contributed by atoms with E-state index in [4.69, 9.17) is 16.3 Å². The third-order valence-electron chi connectivity index (χ3n) is 4.14. The monoisotopic (exact) mass is 345 g/mol. The molecular weight excluding hydrogens is 326 g/mol. The first-order valence-electron chi connectivity index (χ1n) is 8.00. The lowest BCUT2D eigenvalue weighted by molar-refractivity contribution is -0.117. The number of hydrogen-bond donors (Lipinski definition) is 0. The molecule has 0 spiro atoms. The van der Waals surface area contributed by atoms with Crippen molar-refractivity contribution < 1.29 is 9.53 Å². The molecule has 1 aliphatic heterocycles. The van der Waals surface area contributed by atoms with Crippen LogP contribution >= 0.6 is 11.6 Å². The standard InChI is InChI=1S/C18H20ClN3O2/c1-12(7-13(2)23)14-3-5-15(6-4-14)24-16-9-22(10-16)18-8-17(19)20-11-21-18/h3-6,8,11-12,16H,7,9-10H2,1-2H3/t12-/m1/s1. The molecule has 126 valence electrons. The van der Waals surface area contributed by atoms with E-state index in [0.29, 0.717) is 11.6 Å². The molecule has 0 saturated carbocycles. The molecule has 0 bridgehead atoms. The van der Waals surface area contributed by atoms with Crippen molar-refractivity contribution >= 4 is 23.2 Å². The van der Waals surface area contributed by atoms with Crippen LogP contribution in [-0.4, -0.2) is 34.9 Å². The van der Waals surface area contributed by atoms with E-state index in [1.54, 1.807) is 13.0 Å². The van der Waals surface area contributed by atoms with Gasteiger partial charge in [0, 0.05) is 12.5 Å². The third kappa shape index (κ3) is 4.03. The van der Waals surface area contributed by atoms with Crippen molar-refractivity contribution in [2.45, 2.75) is 32.3 Å². The number of carbonyl (C=O) groups is 1. The van der Waals surface area contributed by atoms with Crippen LogP contribution in [-0.2, 0) is 4.79 Å².